The van der Waals surface area contributed by atoms with Crippen molar-refractivity contribution < 1.29 is 64.7 Å². The minimum absolute atomic E-state index is 0.00201. The van der Waals surface area contributed by atoms with Crippen LogP contribution in [0.3, 0.4) is 0 Å². The number of benzene rings is 2. The van der Waals surface area contributed by atoms with E-state index in [0.717, 1.165) is 37.8 Å². The Bertz CT molecular complexity index is 1470. The smallest absolute Gasteiger partial charge is 0.335 e. The summed E-state index contributed by atoms with van der Waals surface area (Å²) in [6.07, 6.45) is -2.04. The zero-order valence-corrected chi connectivity index (χ0v) is 26.7. The van der Waals surface area contributed by atoms with E-state index in [1.807, 2.05) is 0 Å². The second-order valence-electron chi connectivity index (χ2n) is 13.4. The number of aliphatic hydroxyl groups excluding tert-OH is 4. The second kappa shape index (κ2) is 14.2. The lowest BCUT2D eigenvalue weighted by molar-refractivity contribution is -0.315. The zero-order chi connectivity index (χ0) is 34.2. The molecule has 13 nitrogen and oxygen atoms in total. The molecule has 0 amide bonds. The summed E-state index contributed by atoms with van der Waals surface area (Å²) in [7, 11) is 0. The molecule has 0 aromatic heterocycles. The predicted molar refractivity (Wildman–Crippen MR) is 167 cm³/mol. The predicted octanol–water partition coefficient (Wildman–Crippen LogP) is 2.24. The molecule has 2 aromatic carbocycles. The number of Topliss-reactive ketones (excluding diaryl/α,β-unsaturated/α-hetero) is 1. The highest BCUT2D eigenvalue weighted by molar-refractivity contribution is 6.11. The number of phenolic OH excluding ortho intramolecular Hbond substituents is 2. The van der Waals surface area contributed by atoms with Crippen molar-refractivity contribution in [3.63, 3.8) is 0 Å². The van der Waals surface area contributed by atoms with E-state index in [0.29, 0.717) is 37.9 Å². The second-order valence-corrected chi connectivity index (χ2v) is 13.4. The highest BCUT2D eigenvalue weighted by atomic mass is 16.7. The van der Waals surface area contributed by atoms with Crippen LogP contribution in [0.4, 0.5) is 0 Å². The maximum Gasteiger partial charge on any atom is 0.335 e. The molecule has 3 aliphatic rings. The van der Waals surface area contributed by atoms with Crippen LogP contribution < -0.4 is 4.74 Å². The summed E-state index contributed by atoms with van der Waals surface area (Å²) in [5.74, 6) is -2.31. The van der Waals surface area contributed by atoms with Gasteiger partial charge in [-0.25, -0.2) is 4.79 Å². The summed E-state index contributed by atoms with van der Waals surface area (Å²) in [5, 5.41) is 85.4. The van der Waals surface area contributed by atoms with Crippen LogP contribution >= 0.6 is 0 Å². The molecule has 260 valence electrons. The number of aromatic hydroxyl groups is 2. The molecular formula is C34H46O13. The fraction of sp³-hybridized carbons (Fsp3) is 0.647. The number of carboxylic acids is 1. The van der Waals surface area contributed by atoms with Crippen LogP contribution in [-0.2, 0) is 9.47 Å². The first-order chi connectivity index (χ1) is 22.3. The van der Waals surface area contributed by atoms with Crippen molar-refractivity contribution in [3.8, 4) is 17.2 Å². The van der Waals surface area contributed by atoms with Crippen LogP contribution in [0.25, 0.3) is 10.8 Å². The Balaban J connectivity index is 1.42. The van der Waals surface area contributed by atoms with Gasteiger partial charge >= 0.3 is 5.97 Å². The van der Waals surface area contributed by atoms with E-state index in [4.69, 9.17) is 14.2 Å². The van der Waals surface area contributed by atoms with Gasteiger partial charge in [-0.2, -0.15) is 0 Å². The Morgan fingerprint density at radius 1 is 1.04 bits per heavy atom. The van der Waals surface area contributed by atoms with Crippen LogP contribution in [0.1, 0.15) is 78.1 Å². The van der Waals surface area contributed by atoms with E-state index in [1.54, 1.807) is 0 Å². The lowest BCUT2D eigenvalue weighted by Crippen LogP contribution is -2.68. The molecule has 13 heteroatoms. The average molecular weight is 663 g/mol. The lowest BCUT2D eigenvalue weighted by atomic mass is 9.62. The van der Waals surface area contributed by atoms with Crippen LogP contribution in [0, 0.1) is 30.6 Å². The standard InChI is InChI=1S/C34H46O13/c1-16-25(17(2)37)29(39)27-22(28(16)38)11-21(32(42)43)12-23(27)46-33-30(40)31(41)34(44,24(13-36)47-33)9-8-18-5-3-6-19-14-45-15-20(26(18)19)7-4-10-35/h11-12,18-20,24,26,30-31,33,35-36,38-41,44H,3-10,13-15H2,1-2H3,(H,42,43)/t18-,19-,20+,24+,26+,30+,31+,33-,34+/m0/s1. The quantitative estimate of drug-likeness (QED) is 0.128. The molecule has 0 bridgehead atoms. The number of phenols is 2. The van der Waals surface area contributed by atoms with Crippen molar-refractivity contribution >= 4 is 22.5 Å². The number of hydrogen-bond acceptors (Lipinski definition) is 12. The molecule has 0 radical (unpaired) electrons. The number of carbonyl (C=O) groups is 2. The largest absolute Gasteiger partial charge is 0.507 e. The first kappa shape index (κ1) is 35.3. The third kappa shape index (κ3) is 6.54. The first-order valence-corrected chi connectivity index (χ1v) is 16.3. The van der Waals surface area contributed by atoms with Gasteiger partial charge < -0.3 is 55.1 Å². The van der Waals surface area contributed by atoms with Crippen LogP contribution in [-0.4, -0.2) is 109 Å². The Hall–Kier alpha value is -3.04. The van der Waals surface area contributed by atoms with Crippen molar-refractivity contribution in [3.05, 3.63) is 28.8 Å². The van der Waals surface area contributed by atoms with E-state index < -0.39 is 60.1 Å². The Kier molecular flexibility index (Phi) is 10.7. The molecule has 9 atom stereocenters. The monoisotopic (exact) mass is 662 g/mol. The summed E-state index contributed by atoms with van der Waals surface area (Å²) in [4.78, 5) is 24.3. The van der Waals surface area contributed by atoms with Gasteiger partial charge in [-0.3, -0.25) is 4.79 Å². The molecule has 2 aliphatic heterocycles. The van der Waals surface area contributed by atoms with Crippen molar-refractivity contribution in [2.45, 2.75) is 89.0 Å². The van der Waals surface area contributed by atoms with Gasteiger partial charge in [-0.05, 0) is 81.8 Å². The molecule has 2 aromatic rings. The van der Waals surface area contributed by atoms with Gasteiger partial charge in [0.15, 0.2) is 5.78 Å². The van der Waals surface area contributed by atoms with Gasteiger partial charge in [0.05, 0.1) is 23.1 Å². The van der Waals surface area contributed by atoms with Gasteiger partial charge in [-0.15, -0.1) is 0 Å². The fourth-order valence-corrected chi connectivity index (χ4v) is 8.29. The topological polar surface area (TPSA) is 224 Å². The third-order valence-electron chi connectivity index (χ3n) is 10.6. The summed E-state index contributed by atoms with van der Waals surface area (Å²) in [6.45, 7) is 3.17. The third-order valence-corrected chi connectivity index (χ3v) is 10.6. The van der Waals surface area contributed by atoms with Crippen molar-refractivity contribution in [1.29, 1.82) is 0 Å². The maximum atomic E-state index is 12.4. The number of fused-ring (bicyclic) bond motifs is 2. The number of aliphatic hydroxyl groups is 5. The van der Waals surface area contributed by atoms with E-state index in [1.165, 1.54) is 13.8 Å². The first-order valence-electron chi connectivity index (χ1n) is 16.3. The molecule has 0 spiro atoms. The molecule has 0 unspecified atom stereocenters. The SMILES string of the molecule is CC(=O)c1c(C)c(O)c2cc(C(=O)O)cc(O[C@H]3O[C@H](CO)[C@](O)(CC[C@@H]4CCC[C@H]5COC[C@@H](CCCO)[C@H]45)[C@H](O)[C@H]3O)c2c1O. The van der Waals surface area contributed by atoms with Crippen molar-refractivity contribution in [2.24, 2.45) is 23.7 Å². The fourth-order valence-electron chi connectivity index (χ4n) is 8.29. The number of rotatable bonds is 11. The molecule has 1 aliphatic carbocycles. The lowest BCUT2D eigenvalue weighted by Gasteiger charge is -2.50. The van der Waals surface area contributed by atoms with Gasteiger partial charge in [0, 0.05) is 30.8 Å². The van der Waals surface area contributed by atoms with E-state index in [-0.39, 0.29) is 58.1 Å². The van der Waals surface area contributed by atoms with Crippen LogP contribution in [0.5, 0.6) is 17.2 Å². The van der Waals surface area contributed by atoms with Gasteiger partial charge in [0.2, 0.25) is 6.29 Å². The highest BCUT2D eigenvalue weighted by Crippen LogP contribution is 2.48. The molecular weight excluding hydrogens is 616 g/mol. The summed E-state index contributed by atoms with van der Waals surface area (Å²) in [5.41, 5.74) is -2.62. The number of ether oxygens (including phenoxy) is 3. The molecule has 8 N–H and O–H groups in total. The molecule has 2 heterocycles. The number of carbonyl (C=O) groups excluding carboxylic acids is 1. The van der Waals surface area contributed by atoms with Crippen LogP contribution in [0.15, 0.2) is 12.1 Å². The van der Waals surface area contributed by atoms with Gasteiger partial charge in [0.25, 0.3) is 0 Å². The molecule has 5 rings (SSSR count). The van der Waals surface area contributed by atoms with E-state index in [9.17, 15) is 50.4 Å². The minimum Gasteiger partial charge on any atom is -0.507 e. The summed E-state index contributed by atoms with van der Waals surface area (Å²) >= 11 is 0. The van der Waals surface area contributed by atoms with Crippen molar-refractivity contribution in [1.82, 2.24) is 0 Å². The minimum atomic E-state index is -2.07. The number of carboxylic acid groups (broad SMARTS) is 1. The summed E-state index contributed by atoms with van der Waals surface area (Å²) < 4.78 is 17.6. The zero-order valence-electron chi connectivity index (χ0n) is 26.7. The van der Waals surface area contributed by atoms with Gasteiger partial charge in [-0.1, -0.05) is 12.8 Å². The highest BCUT2D eigenvalue weighted by Gasteiger charge is 2.56. The Labute approximate surface area is 272 Å². The van der Waals surface area contributed by atoms with E-state index in [2.05, 4.69) is 0 Å². The summed E-state index contributed by atoms with van der Waals surface area (Å²) in [6, 6.07) is 2.11. The van der Waals surface area contributed by atoms with E-state index >= 15 is 0 Å². The normalized spacial score (nSPS) is 32.6. The van der Waals surface area contributed by atoms with Crippen molar-refractivity contribution in [2.75, 3.05) is 26.4 Å². The van der Waals surface area contributed by atoms with Gasteiger partial charge in [0.1, 0.15) is 41.2 Å². The molecule has 1 saturated carbocycles. The molecule has 47 heavy (non-hydrogen) atoms. The number of hydrogen-bond donors (Lipinski definition) is 8. The Morgan fingerprint density at radius 3 is 2.45 bits per heavy atom. The van der Waals surface area contributed by atoms with Crippen LogP contribution in [0.2, 0.25) is 0 Å². The molecule has 2 saturated heterocycles. The average Bonchev–Trinajstić information content (AvgIpc) is 3.05. The number of aromatic carboxylic acids is 1. The maximum absolute atomic E-state index is 12.4. The molecule has 3 fully saturated rings. The Morgan fingerprint density at radius 2 is 1.79 bits per heavy atom. The number of ketones is 1.